The first-order chi connectivity index (χ1) is 12.8. The van der Waals surface area contributed by atoms with Crippen LogP contribution < -0.4 is 16.6 Å². The lowest BCUT2D eigenvalue weighted by Crippen LogP contribution is -2.41. The molecule has 3 heterocycles. The topological polar surface area (TPSA) is 123 Å². The number of aryl methyl sites for hydroxylation is 1. The van der Waals surface area contributed by atoms with E-state index in [9.17, 15) is 19.2 Å². The van der Waals surface area contributed by atoms with Crippen LogP contribution >= 0.6 is 22.9 Å². The molecule has 27 heavy (non-hydrogen) atoms. The molecule has 0 bridgehead atoms. The molecule has 3 rings (SSSR count). The lowest BCUT2D eigenvalue weighted by molar-refractivity contribution is 0.0702. The number of carboxylic acid groups (broad SMARTS) is 1. The Morgan fingerprint density at radius 3 is 2.70 bits per heavy atom. The van der Waals surface area contributed by atoms with Gasteiger partial charge in [-0.25, -0.2) is 14.6 Å². The van der Waals surface area contributed by atoms with Gasteiger partial charge in [-0.1, -0.05) is 11.6 Å². The van der Waals surface area contributed by atoms with Crippen molar-refractivity contribution < 1.29 is 14.7 Å². The van der Waals surface area contributed by atoms with Gasteiger partial charge in [-0.2, -0.15) is 0 Å². The van der Waals surface area contributed by atoms with Crippen molar-refractivity contribution in [3.8, 4) is 0 Å². The molecule has 0 aliphatic heterocycles. The molecule has 0 atom stereocenters. The van der Waals surface area contributed by atoms with Crippen molar-refractivity contribution in [2.75, 3.05) is 6.54 Å². The summed E-state index contributed by atoms with van der Waals surface area (Å²) in [5.74, 6) is -1.59. The van der Waals surface area contributed by atoms with Crippen LogP contribution in [0.2, 0.25) is 5.15 Å². The standard InChI is InChI=1S/C16H13ClN4O5S/c1-20-14-9(6-10(27-14)15(24)25)13(23)21(16(20)26)5-4-18-12(22)8-2-3-11(17)19-7-8/h2-3,6-7H,4-5H2,1H3,(H,18,22)(H,24,25). The van der Waals surface area contributed by atoms with Gasteiger partial charge >= 0.3 is 11.7 Å². The number of hydrogen-bond donors (Lipinski definition) is 2. The molecule has 0 saturated carbocycles. The molecule has 140 valence electrons. The number of nitrogens with zero attached hydrogens (tertiary/aromatic N) is 3. The third-order valence-electron chi connectivity index (χ3n) is 3.83. The number of fused-ring (bicyclic) bond motifs is 1. The molecule has 0 fully saturated rings. The van der Waals surface area contributed by atoms with Gasteiger partial charge < -0.3 is 10.4 Å². The van der Waals surface area contributed by atoms with Crippen molar-refractivity contribution in [3.63, 3.8) is 0 Å². The fourth-order valence-electron chi connectivity index (χ4n) is 2.48. The third-order valence-corrected chi connectivity index (χ3v) is 5.25. The number of hydrogen-bond acceptors (Lipinski definition) is 6. The van der Waals surface area contributed by atoms with Gasteiger partial charge in [0.2, 0.25) is 0 Å². The fourth-order valence-corrected chi connectivity index (χ4v) is 3.54. The molecule has 0 unspecified atom stereocenters. The molecule has 9 nitrogen and oxygen atoms in total. The van der Waals surface area contributed by atoms with Crippen molar-refractivity contribution in [1.29, 1.82) is 0 Å². The SMILES string of the molecule is Cn1c(=O)n(CCNC(=O)c2ccc(Cl)nc2)c(=O)c2cc(C(=O)O)sc21. The highest BCUT2D eigenvalue weighted by molar-refractivity contribution is 7.20. The second kappa shape index (κ2) is 7.33. The molecule has 1 amide bonds. The lowest BCUT2D eigenvalue weighted by atomic mass is 10.3. The molecule has 0 aliphatic rings. The minimum Gasteiger partial charge on any atom is -0.477 e. The maximum absolute atomic E-state index is 12.5. The monoisotopic (exact) mass is 408 g/mol. The van der Waals surface area contributed by atoms with Crippen LogP contribution in [-0.4, -0.2) is 37.6 Å². The molecular weight excluding hydrogens is 396 g/mol. The number of nitrogens with one attached hydrogen (secondary N) is 1. The lowest BCUT2D eigenvalue weighted by Gasteiger charge is -2.09. The summed E-state index contributed by atoms with van der Waals surface area (Å²) in [6.07, 6.45) is 1.31. The molecule has 11 heteroatoms. The molecular formula is C16H13ClN4O5S. The van der Waals surface area contributed by atoms with Gasteiger partial charge in [0.1, 0.15) is 14.9 Å². The van der Waals surface area contributed by atoms with Crippen LogP contribution in [0.25, 0.3) is 10.2 Å². The van der Waals surface area contributed by atoms with Crippen LogP contribution in [0.4, 0.5) is 0 Å². The Morgan fingerprint density at radius 2 is 2.07 bits per heavy atom. The Balaban J connectivity index is 1.83. The fraction of sp³-hybridized carbons (Fsp3) is 0.188. The second-order valence-electron chi connectivity index (χ2n) is 5.56. The van der Waals surface area contributed by atoms with Crippen LogP contribution in [0.5, 0.6) is 0 Å². The van der Waals surface area contributed by atoms with Crippen molar-refractivity contribution in [2.24, 2.45) is 7.05 Å². The molecule has 0 aliphatic carbocycles. The van der Waals surface area contributed by atoms with Gasteiger partial charge in [0, 0.05) is 26.3 Å². The third kappa shape index (κ3) is 3.62. The maximum Gasteiger partial charge on any atom is 0.345 e. The summed E-state index contributed by atoms with van der Waals surface area (Å²) in [4.78, 5) is 52.2. The van der Waals surface area contributed by atoms with Gasteiger partial charge in [-0.3, -0.25) is 18.7 Å². The summed E-state index contributed by atoms with van der Waals surface area (Å²) >= 11 is 6.52. The van der Waals surface area contributed by atoms with Gasteiger partial charge in [0.25, 0.3) is 11.5 Å². The molecule has 2 N–H and O–H groups in total. The van der Waals surface area contributed by atoms with Crippen LogP contribution in [-0.2, 0) is 13.6 Å². The Bertz CT molecular complexity index is 1160. The number of carboxylic acids is 1. The number of thiophene rings is 1. The van der Waals surface area contributed by atoms with E-state index in [-0.39, 0.29) is 33.3 Å². The summed E-state index contributed by atoms with van der Waals surface area (Å²) in [6, 6.07) is 4.22. The van der Waals surface area contributed by atoms with E-state index in [1.165, 1.54) is 36.0 Å². The first-order valence-corrected chi connectivity index (χ1v) is 8.85. The van der Waals surface area contributed by atoms with Crippen molar-refractivity contribution >= 4 is 45.0 Å². The van der Waals surface area contributed by atoms with Crippen LogP contribution in [0.1, 0.15) is 20.0 Å². The smallest absolute Gasteiger partial charge is 0.345 e. The van der Waals surface area contributed by atoms with E-state index in [1.54, 1.807) is 0 Å². The Labute approximate surface area is 160 Å². The van der Waals surface area contributed by atoms with Gasteiger partial charge in [-0.15, -0.1) is 11.3 Å². The first-order valence-electron chi connectivity index (χ1n) is 7.66. The van der Waals surface area contributed by atoms with Crippen molar-refractivity contribution in [3.05, 3.63) is 60.8 Å². The highest BCUT2D eigenvalue weighted by Gasteiger charge is 2.17. The number of halogens is 1. The van der Waals surface area contributed by atoms with Crippen LogP contribution in [0, 0.1) is 0 Å². The normalized spacial score (nSPS) is 10.9. The Morgan fingerprint density at radius 1 is 1.33 bits per heavy atom. The summed E-state index contributed by atoms with van der Waals surface area (Å²) < 4.78 is 2.18. The van der Waals surface area contributed by atoms with E-state index < -0.39 is 23.1 Å². The van der Waals surface area contributed by atoms with Gasteiger partial charge in [-0.05, 0) is 18.2 Å². The van der Waals surface area contributed by atoms with Gasteiger partial charge in [0.15, 0.2) is 0 Å². The number of amides is 1. The number of aromatic nitrogens is 3. The number of pyridine rings is 1. The van der Waals surface area contributed by atoms with E-state index in [0.717, 1.165) is 15.9 Å². The maximum atomic E-state index is 12.5. The zero-order valence-electron chi connectivity index (χ0n) is 13.9. The molecule has 0 radical (unpaired) electrons. The summed E-state index contributed by atoms with van der Waals surface area (Å²) in [7, 11) is 1.46. The highest BCUT2D eigenvalue weighted by atomic mass is 35.5. The number of carbonyl (C=O) groups excluding carboxylic acids is 1. The number of aromatic carboxylic acids is 1. The van der Waals surface area contributed by atoms with E-state index in [4.69, 9.17) is 16.7 Å². The summed E-state index contributed by atoms with van der Waals surface area (Å²) in [5, 5.41) is 12.1. The average molecular weight is 409 g/mol. The predicted molar refractivity (Wildman–Crippen MR) is 99.9 cm³/mol. The van der Waals surface area contributed by atoms with Crippen molar-refractivity contribution in [1.82, 2.24) is 19.4 Å². The Kier molecular flexibility index (Phi) is 5.10. The van der Waals surface area contributed by atoms with E-state index in [2.05, 4.69) is 10.3 Å². The van der Waals surface area contributed by atoms with E-state index in [1.807, 2.05) is 0 Å². The predicted octanol–water partition coefficient (Wildman–Crippen LogP) is 0.938. The summed E-state index contributed by atoms with van der Waals surface area (Å²) in [6.45, 7) is -0.0372. The number of rotatable bonds is 5. The van der Waals surface area contributed by atoms with Crippen LogP contribution in [0.3, 0.4) is 0 Å². The van der Waals surface area contributed by atoms with Gasteiger partial charge in [0.05, 0.1) is 10.9 Å². The Hall–Kier alpha value is -2.98. The second-order valence-corrected chi connectivity index (χ2v) is 6.98. The molecule has 3 aromatic rings. The first kappa shape index (κ1) is 18.8. The minimum absolute atomic E-state index is 0.0258. The zero-order chi connectivity index (χ0) is 19.7. The quantitative estimate of drug-likeness (QED) is 0.605. The van der Waals surface area contributed by atoms with Crippen LogP contribution in [0.15, 0.2) is 34.0 Å². The highest BCUT2D eigenvalue weighted by Crippen LogP contribution is 2.21. The molecule has 0 saturated heterocycles. The summed E-state index contributed by atoms with van der Waals surface area (Å²) in [5.41, 5.74) is -0.896. The van der Waals surface area contributed by atoms with Crippen molar-refractivity contribution in [2.45, 2.75) is 6.54 Å². The molecule has 0 aromatic carbocycles. The molecule has 3 aromatic heterocycles. The molecule has 0 spiro atoms. The zero-order valence-corrected chi connectivity index (χ0v) is 15.5. The number of carbonyl (C=O) groups is 2. The largest absolute Gasteiger partial charge is 0.477 e. The minimum atomic E-state index is -1.17. The van der Waals surface area contributed by atoms with E-state index >= 15 is 0 Å². The van der Waals surface area contributed by atoms with E-state index in [0.29, 0.717) is 5.56 Å². The average Bonchev–Trinajstić information content (AvgIpc) is 3.09.